The number of carboxylic acids is 1. The maximum Gasteiger partial charge on any atom is 0.335 e. The van der Waals surface area contributed by atoms with Crippen LogP contribution in [0.2, 0.25) is 0 Å². The van der Waals surface area contributed by atoms with Crippen LogP contribution in [0.3, 0.4) is 0 Å². The molecule has 0 amide bonds. The largest absolute Gasteiger partial charge is 0.872 e. The zero-order valence-corrected chi connectivity index (χ0v) is 10.7. The van der Waals surface area contributed by atoms with E-state index in [1.165, 1.54) is 23.0 Å². The van der Waals surface area contributed by atoms with Gasteiger partial charge in [0, 0.05) is 0 Å². The van der Waals surface area contributed by atoms with E-state index in [0.717, 1.165) is 6.07 Å². The SMILES string of the molecule is O=C(O)c1cc(-n2cnc3ccccc3c2=O)ccc1[O-]. The number of nitrogens with zero attached hydrogens (tertiary/aromatic N) is 2. The van der Waals surface area contributed by atoms with E-state index in [9.17, 15) is 14.7 Å². The molecule has 6 nitrogen and oxygen atoms in total. The molecule has 2 aromatic carbocycles. The van der Waals surface area contributed by atoms with Gasteiger partial charge in [0.1, 0.15) is 6.33 Å². The average Bonchev–Trinajstić information content (AvgIpc) is 2.48. The highest BCUT2D eigenvalue weighted by molar-refractivity contribution is 5.91. The van der Waals surface area contributed by atoms with Crippen LogP contribution in [0.25, 0.3) is 16.6 Å². The molecule has 6 heteroatoms. The van der Waals surface area contributed by atoms with Crippen LogP contribution in [-0.4, -0.2) is 20.6 Å². The Morgan fingerprint density at radius 3 is 2.71 bits per heavy atom. The fourth-order valence-electron chi connectivity index (χ4n) is 2.09. The molecule has 0 fully saturated rings. The number of aromatic carboxylic acids is 1. The van der Waals surface area contributed by atoms with E-state index in [2.05, 4.69) is 4.98 Å². The molecule has 0 spiro atoms. The van der Waals surface area contributed by atoms with Crippen molar-refractivity contribution >= 4 is 16.9 Å². The molecule has 0 saturated heterocycles. The second-order valence-electron chi connectivity index (χ2n) is 4.42. The third kappa shape index (κ3) is 2.12. The summed E-state index contributed by atoms with van der Waals surface area (Å²) in [7, 11) is 0. The minimum absolute atomic E-state index is 0.287. The van der Waals surface area contributed by atoms with Gasteiger partial charge in [0.25, 0.3) is 5.56 Å². The summed E-state index contributed by atoms with van der Waals surface area (Å²) in [5, 5.41) is 20.9. The lowest BCUT2D eigenvalue weighted by Gasteiger charge is -2.13. The molecule has 0 bridgehead atoms. The Balaban J connectivity index is 2.26. The molecule has 1 heterocycles. The molecule has 3 aromatic rings. The molecule has 1 aromatic heterocycles. The topological polar surface area (TPSA) is 95.2 Å². The molecule has 104 valence electrons. The van der Waals surface area contributed by atoms with Crippen molar-refractivity contribution in [1.29, 1.82) is 0 Å². The Morgan fingerprint density at radius 2 is 1.95 bits per heavy atom. The van der Waals surface area contributed by atoms with Crippen LogP contribution in [0, 0.1) is 0 Å². The summed E-state index contributed by atoms with van der Waals surface area (Å²) in [5.74, 6) is -1.93. The Morgan fingerprint density at radius 1 is 1.19 bits per heavy atom. The van der Waals surface area contributed by atoms with Crippen molar-refractivity contribution in [2.24, 2.45) is 0 Å². The number of aromatic nitrogens is 2. The van der Waals surface area contributed by atoms with Crippen molar-refractivity contribution in [3.05, 3.63) is 64.7 Å². The van der Waals surface area contributed by atoms with Gasteiger partial charge in [0.15, 0.2) is 0 Å². The Kier molecular flexibility index (Phi) is 2.91. The molecular formula is C15H9N2O4-. The first-order valence-electron chi connectivity index (χ1n) is 6.09. The lowest BCUT2D eigenvalue weighted by Crippen LogP contribution is -2.19. The monoisotopic (exact) mass is 281 g/mol. The first-order chi connectivity index (χ1) is 10.1. The van der Waals surface area contributed by atoms with Gasteiger partial charge in [-0.25, -0.2) is 9.78 Å². The third-order valence-corrected chi connectivity index (χ3v) is 3.14. The smallest absolute Gasteiger partial charge is 0.335 e. The minimum atomic E-state index is -1.33. The number of hydrogen-bond acceptors (Lipinski definition) is 4. The molecular weight excluding hydrogens is 272 g/mol. The lowest BCUT2D eigenvalue weighted by molar-refractivity contribution is -0.268. The third-order valence-electron chi connectivity index (χ3n) is 3.14. The van der Waals surface area contributed by atoms with Crippen molar-refractivity contribution in [3.63, 3.8) is 0 Å². The molecule has 0 unspecified atom stereocenters. The number of hydrogen-bond donors (Lipinski definition) is 1. The van der Waals surface area contributed by atoms with E-state index in [-0.39, 0.29) is 16.8 Å². The summed E-state index contributed by atoms with van der Waals surface area (Å²) >= 11 is 0. The number of carboxylic acid groups (broad SMARTS) is 1. The van der Waals surface area contributed by atoms with Crippen LogP contribution in [-0.2, 0) is 0 Å². The zero-order chi connectivity index (χ0) is 15.0. The van der Waals surface area contributed by atoms with Crippen molar-refractivity contribution in [2.75, 3.05) is 0 Å². The molecule has 21 heavy (non-hydrogen) atoms. The first-order valence-corrected chi connectivity index (χ1v) is 6.09. The average molecular weight is 281 g/mol. The van der Waals surface area contributed by atoms with E-state index < -0.39 is 11.7 Å². The zero-order valence-electron chi connectivity index (χ0n) is 10.7. The van der Waals surface area contributed by atoms with Gasteiger partial charge in [-0.1, -0.05) is 23.9 Å². The van der Waals surface area contributed by atoms with Gasteiger partial charge in [-0.2, -0.15) is 0 Å². The van der Waals surface area contributed by atoms with Crippen molar-refractivity contribution < 1.29 is 15.0 Å². The Labute approximate surface area is 118 Å². The van der Waals surface area contributed by atoms with Crippen molar-refractivity contribution in [2.45, 2.75) is 0 Å². The van der Waals surface area contributed by atoms with Crippen molar-refractivity contribution in [1.82, 2.24) is 9.55 Å². The van der Waals surface area contributed by atoms with Crippen LogP contribution in [0.1, 0.15) is 10.4 Å². The summed E-state index contributed by atoms with van der Waals surface area (Å²) in [6.45, 7) is 0. The standard InChI is InChI=1S/C15H10N2O4/c18-13-6-5-9(7-11(13)15(20)21)17-8-16-12-4-2-1-3-10(12)14(17)19/h1-8,18H,(H,20,21)/p-1. The van der Waals surface area contributed by atoms with Gasteiger partial charge in [-0.05, 0) is 24.3 Å². The fourth-order valence-corrected chi connectivity index (χ4v) is 2.09. The second kappa shape index (κ2) is 4.75. The van der Waals surface area contributed by atoms with E-state index >= 15 is 0 Å². The van der Waals surface area contributed by atoms with E-state index in [1.54, 1.807) is 24.3 Å². The summed E-state index contributed by atoms with van der Waals surface area (Å²) in [5.41, 5.74) is 0.135. The van der Waals surface area contributed by atoms with Crippen molar-refractivity contribution in [3.8, 4) is 11.4 Å². The maximum atomic E-state index is 12.4. The first kappa shape index (κ1) is 12.9. The normalized spacial score (nSPS) is 10.7. The molecule has 0 aliphatic heterocycles. The molecule has 0 radical (unpaired) electrons. The van der Waals surface area contributed by atoms with Crippen LogP contribution in [0.15, 0.2) is 53.6 Å². The summed E-state index contributed by atoms with van der Waals surface area (Å²) in [6, 6.07) is 10.5. The predicted octanol–water partition coefficient (Wildman–Crippen LogP) is 1.16. The van der Waals surface area contributed by atoms with Crippen LogP contribution in [0.4, 0.5) is 0 Å². The summed E-state index contributed by atoms with van der Waals surface area (Å²) in [6.07, 6.45) is 1.32. The highest BCUT2D eigenvalue weighted by Gasteiger charge is 2.09. The summed E-state index contributed by atoms with van der Waals surface area (Å²) < 4.78 is 1.22. The predicted molar refractivity (Wildman–Crippen MR) is 73.7 cm³/mol. The van der Waals surface area contributed by atoms with Gasteiger partial charge < -0.3 is 10.2 Å². The quantitative estimate of drug-likeness (QED) is 0.760. The number of carbonyl (C=O) groups is 1. The molecule has 1 N–H and O–H groups in total. The van der Waals surface area contributed by atoms with Gasteiger partial charge in [-0.15, -0.1) is 0 Å². The fraction of sp³-hybridized carbons (Fsp3) is 0. The lowest BCUT2D eigenvalue weighted by atomic mass is 10.1. The molecule has 0 aliphatic carbocycles. The Bertz CT molecular complexity index is 915. The molecule has 0 atom stereocenters. The highest BCUT2D eigenvalue weighted by Crippen LogP contribution is 2.18. The molecule has 0 aliphatic rings. The van der Waals surface area contributed by atoms with Gasteiger partial charge in [0.2, 0.25) is 0 Å². The van der Waals surface area contributed by atoms with Crippen LogP contribution in [0.5, 0.6) is 5.75 Å². The van der Waals surface area contributed by atoms with E-state index in [1.807, 2.05) is 0 Å². The minimum Gasteiger partial charge on any atom is -0.872 e. The molecule has 0 saturated carbocycles. The highest BCUT2D eigenvalue weighted by atomic mass is 16.4. The Hall–Kier alpha value is -3.15. The maximum absolute atomic E-state index is 12.4. The van der Waals surface area contributed by atoms with Gasteiger partial charge >= 0.3 is 5.97 Å². The molecule has 3 rings (SSSR count). The van der Waals surface area contributed by atoms with Crippen LogP contribution >= 0.6 is 0 Å². The van der Waals surface area contributed by atoms with E-state index in [0.29, 0.717) is 10.9 Å². The summed E-state index contributed by atoms with van der Waals surface area (Å²) in [4.78, 5) is 27.5. The number of para-hydroxylation sites is 1. The van der Waals surface area contributed by atoms with Crippen LogP contribution < -0.4 is 10.7 Å². The van der Waals surface area contributed by atoms with Gasteiger partial charge in [-0.3, -0.25) is 9.36 Å². The number of fused-ring (bicyclic) bond motifs is 1. The van der Waals surface area contributed by atoms with Gasteiger partial charge in [0.05, 0.1) is 22.2 Å². The number of benzene rings is 2. The second-order valence-corrected chi connectivity index (χ2v) is 4.42. The van der Waals surface area contributed by atoms with E-state index in [4.69, 9.17) is 5.11 Å². The number of rotatable bonds is 2.